The number of alkyl halides is 3. The lowest BCUT2D eigenvalue weighted by atomic mass is 9.87. The fourth-order valence-electron chi connectivity index (χ4n) is 3.70. The van der Waals surface area contributed by atoms with E-state index in [9.17, 15) is 18.0 Å². The van der Waals surface area contributed by atoms with Gasteiger partial charge < -0.3 is 4.90 Å². The molecule has 0 unspecified atom stereocenters. The second-order valence-corrected chi connectivity index (χ2v) is 6.87. The first-order valence-corrected chi connectivity index (χ1v) is 8.89. The molecule has 0 radical (unpaired) electrons. The number of hydrogen-bond acceptors (Lipinski definition) is 2. The van der Waals surface area contributed by atoms with Crippen molar-refractivity contribution in [1.29, 1.82) is 0 Å². The SMILES string of the molecule is Cn1cc(C(=O)N2CCc3ccccc3[C@H]2c2ccc(C(F)(F)F)cc2)cn1. The average Bonchev–Trinajstić information content (AvgIpc) is 3.12. The zero-order valence-corrected chi connectivity index (χ0v) is 15.1. The molecule has 1 aromatic heterocycles. The number of rotatable bonds is 2. The van der Waals surface area contributed by atoms with Crippen molar-refractivity contribution >= 4 is 5.91 Å². The van der Waals surface area contributed by atoms with Crippen molar-refractivity contribution < 1.29 is 18.0 Å². The summed E-state index contributed by atoms with van der Waals surface area (Å²) in [7, 11) is 1.73. The minimum absolute atomic E-state index is 0.187. The quantitative estimate of drug-likeness (QED) is 0.662. The lowest BCUT2D eigenvalue weighted by molar-refractivity contribution is -0.137. The number of benzene rings is 2. The van der Waals surface area contributed by atoms with Crippen LogP contribution in [0.3, 0.4) is 0 Å². The molecule has 0 spiro atoms. The predicted octanol–water partition coefficient (Wildman–Crippen LogP) is 4.23. The van der Waals surface area contributed by atoms with Crippen LogP contribution in [0.4, 0.5) is 13.2 Å². The van der Waals surface area contributed by atoms with Crippen molar-refractivity contribution in [2.24, 2.45) is 7.05 Å². The Labute approximate surface area is 160 Å². The molecule has 0 saturated heterocycles. The van der Waals surface area contributed by atoms with Gasteiger partial charge in [-0.05, 0) is 35.2 Å². The third kappa shape index (κ3) is 3.28. The molecule has 4 rings (SSSR count). The van der Waals surface area contributed by atoms with Crippen LogP contribution in [0, 0.1) is 0 Å². The van der Waals surface area contributed by atoms with Gasteiger partial charge in [0.15, 0.2) is 0 Å². The van der Waals surface area contributed by atoms with Crippen LogP contribution >= 0.6 is 0 Å². The molecule has 1 aliphatic heterocycles. The molecule has 1 amide bonds. The maximum atomic E-state index is 13.1. The van der Waals surface area contributed by atoms with E-state index in [0.29, 0.717) is 24.1 Å². The minimum atomic E-state index is -4.39. The highest BCUT2D eigenvalue weighted by atomic mass is 19.4. The van der Waals surface area contributed by atoms with Gasteiger partial charge >= 0.3 is 6.18 Å². The first kappa shape index (κ1) is 18.3. The largest absolute Gasteiger partial charge is 0.416 e. The predicted molar refractivity (Wildman–Crippen MR) is 97.7 cm³/mol. The summed E-state index contributed by atoms with van der Waals surface area (Å²) in [6.07, 6.45) is -0.549. The summed E-state index contributed by atoms with van der Waals surface area (Å²) < 4.78 is 40.4. The van der Waals surface area contributed by atoms with Crippen molar-refractivity contribution in [1.82, 2.24) is 14.7 Å². The zero-order valence-electron chi connectivity index (χ0n) is 15.1. The Balaban J connectivity index is 1.77. The highest BCUT2D eigenvalue weighted by Gasteiger charge is 2.34. The van der Waals surface area contributed by atoms with Crippen molar-refractivity contribution in [3.63, 3.8) is 0 Å². The fourth-order valence-corrected chi connectivity index (χ4v) is 3.70. The van der Waals surface area contributed by atoms with Crippen LogP contribution in [0.5, 0.6) is 0 Å². The Morgan fingerprint density at radius 3 is 2.46 bits per heavy atom. The summed E-state index contributed by atoms with van der Waals surface area (Å²) >= 11 is 0. The van der Waals surface area contributed by atoms with E-state index in [1.165, 1.54) is 18.3 Å². The number of carbonyl (C=O) groups excluding carboxylic acids is 1. The molecule has 144 valence electrons. The number of aromatic nitrogens is 2. The normalized spacial score (nSPS) is 16.7. The van der Waals surface area contributed by atoms with Crippen molar-refractivity contribution in [3.8, 4) is 0 Å². The highest BCUT2D eigenvalue weighted by Crippen LogP contribution is 2.37. The molecular formula is C21H18F3N3O. The van der Waals surface area contributed by atoms with Crippen LogP contribution in [0.25, 0.3) is 0 Å². The second kappa shape index (κ2) is 6.82. The van der Waals surface area contributed by atoms with Gasteiger partial charge in [0.1, 0.15) is 0 Å². The van der Waals surface area contributed by atoms with Gasteiger partial charge in [-0.3, -0.25) is 9.48 Å². The molecule has 0 fully saturated rings. The minimum Gasteiger partial charge on any atom is -0.327 e. The number of fused-ring (bicyclic) bond motifs is 1. The number of carbonyl (C=O) groups is 1. The Morgan fingerprint density at radius 1 is 1.11 bits per heavy atom. The first-order valence-electron chi connectivity index (χ1n) is 8.89. The van der Waals surface area contributed by atoms with E-state index >= 15 is 0 Å². The molecule has 3 aromatic rings. The molecule has 0 N–H and O–H groups in total. The van der Waals surface area contributed by atoms with Gasteiger partial charge in [0.25, 0.3) is 5.91 Å². The highest BCUT2D eigenvalue weighted by molar-refractivity contribution is 5.94. The van der Waals surface area contributed by atoms with Gasteiger partial charge in [-0.15, -0.1) is 0 Å². The van der Waals surface area contributed by atoms with Crippen LogP contribution in [0.2, 0.25) is 0 Å². The molecule has 0 aliphatic carbocycles. The monoisotopic (exact) mass is 385 g/mol. The molecule has 7 heteroatoms. The topological polar surface area (TPSA) is 38.1 Å². The number of halogens is 3. The van der Waals surface area contributed by atoms with Gasteiger partial charge in [-0.25, -0.2) is 0 Å². The third-order valence-corrected chi connectivity index (χ3v) is 5.05. The van der Waals surface area contributed by atoms with Crippen molar-refractivity contribution in [2.45, 2.75) is 18.6 Å². The van der Waals surface area contributed by atoms with E-state index < -0.39 is 17.8 Å². The van der Waals surface area contributed by atoms with E-state index in [2.05, 4.69) is 5.10 Å². The van der Waals surface area contributed by atoms with Crippen LogP contribution < -0.4 is 0 Å². The summed E-state index contributed by atoms with van der Waals surface area (Å²) in [5.74, 6) is -0.187. The van der Waals surface area contributed by atoms with Gasteiger partial charge in [-0.1, -0.05) is 36.4 Å². The van der Waals surface area contributed by atoms with Crippen LogP contribution in [-0.2, 0) is 19.6 Å². The molecule has 2 heterocycles. The van der Waals surface area contributed by atoms with E-state index in [4.69, 9.17) is 0 Å². The number of aryl methyl sites for hydroxylation is 1. The molecule has 4 nitrogen and oxygen atoms in total. The number of nitrogens with zero attached hydrogens (tertiary/aromatic N) is 3. The van der Waals surface area contributed by atoms with Crippen molar-refractivity contribution in [3.05, 3.63) is 88.7 Å². The van der Waals surface area contributed by atoms with Gasteiger partial charge in [0, 0.05) is 19.8 Å². The first-order chi connectivity index (χ1) is 13.3. The number of hydrogen-bond donors (Lipinski definition) is 0. The Bertz CT molecular complexity index is 1010. The zero-order chi connectivity index (χ0) is 19.9. The molecule has 1 atom stereocenters. The van der Waals surface area contributed by atoms with Crippen LogP contribution in [0.15, 0.2) is 60.9 Å². The summed E-state index contributed by atoms with van der Waals surface area (Å²) in [4.78, 5) is 14.8. The van der Waals surface area contributed by atoms with Gasteiger partial charge in [0.05, 0.1) is 23.4 Å². The maximum Gasteiger partial charge on any atom is 0.416 e. The van der Waals surface area contributed by atoms with E-state index in [1.807, 2.05) is 24.3 Å². The second-order valence-electron chi connectivity index (χ2n) is 6.87. The molecule has 2 aromatic carbocycles. The summed E-state index contributed by atoms with van der Waals surface area (Å²) in [5, 5.41) is 4.06. The smallest absolute Gasteiger partial charge is 0.327 e. The molecule has 28 heavy (non-hydrogen) atoms. The van der Waals surface area contributed by atoms with Crippen LogP contribution in [-0.4, -0.2) is 27.1 Å². The van der Waals surface area contributed by atoms with Gasteiger partial charge in [-0.2, -0.15) is 18.3 Å². The summed E-state index contributed by atoms with van der Waals surface area (Å²) in [5.41, 5.74) is 2.44. The molecule has 0 saturated carbocycles. The molecular weight excluding hydrogens is 367 g/mol. The lowest BCUT2D eigenvalue weighted by Gasteiger charge is -2.37. The molecule has 1 aliphatic rings. The van der Waals surface area contributed by atoms with Crippen LogP contribution in [0.1, 0.15) is 38.7 Å². The van der Waals surface area contributed by atoms with E-state index in [-0.39, 0.29) is 5.91 Å². The number of amides is 1. The third-order valence-electron chi connectivity index (χ3n) is 5.05. The van der Waals surface area contributed by atoms with E-state index in [1.54, 1.807) is 22.8 Å². The van der Waals surface area contributed by atoms with Gasteiger partial charge in [0.2, 0.25) is 0 Å². The molecule has 0 bridgehead atoms. The Hall–Kier alpha value is -3.09. The summed E-state index contributed by atoms with van der Waals surface area (Å²) in [6.45, 7) is 0.483. The Morgan fingerprint density at radius 2 is 1.82 bits per heavy atom. The fraction of sp³-hybridized carbons (Fsp3) is 0.238. The average molecular weight is 385 g/mol. The summed E-state index contributed by atoms with van der Waals surface area (Å²) in [6, 6.07) is 12.4. The van der Waals surface area contributed by atoms with Crippen molar-refractivity contribution in [2.75, 3.05) is 6.54 Å². The van der Waals surface area contributed by atoms with E-state index in [0.717, 1.165) is 23.3 Å². The lowest BCUT2D eigenvalue weighted by Crippen LogP contribution is -2.40. The Kier molecular flexibility index (Phi) is 4.45. The maximum absolute atomic E-state index is 13.1. The standard InChI is InChI=1S/C21H18F3N3O/c1-26-13-16(12-25-26)20(28)27-11-10-14-4-2-3-5-18(14)19(27)15-6-8-17(9-7-15)21(22,23)24/h2-9,12-13,19H,10-11H2,1H3/t19-/m1/s1.